The lowest BCUT2D eigenvalue weighted by molar-refractivity contribution is 0.488. The largest absolute Gasteiger partial charge is 0.456 e. The summed E-state index contributed by atoms with van der Waals surface area (Å²) < 4.78 is 7.10. The van der Waals surface area contributed by atoms with Gasteiger partial charge < -0.3 is 9.64 Å². The van der Waals surface area contributed by atoms with Gasteiger partial charge in [0.25, 0.3) is 0 Å². The second-order valence-corrected chi connectivity index (χ2v) is 15.7. The molecule has 0 aromatic heterocycles. The molecule has 2 aliphatic rings. The molecular formula is C55H39NO. The van der Waals surface area contributed by atoms with Gasteiger partial charge in [-0.15, -0.1) is 0 Å². The van der Waals surface area contributed by atoms with Gasteiger partial charge in [0.15, 0.2) is 0 Å². The number of fused-ring (bicyclic) bond motifs is 9. The second-order valence-electron chi connectivity index (χ2n) is 15.7. The van der Waals surface area contributed by atoms with Crippen LogP contribution in [-0.2, 0) is 5.41 Å². The van der Waals surface area contributed by atoms with Crippen molar-refractivity contribution in [3.05, 3.63) is 211 Å². The van der Waals surface area contributed by atoms with Crippen molar-refractivity contribution in [2.75, 3.05) is 4.90 Å². The Labute approximate surface area is 333 Å². The van der Waals surface area contributed by atoms with Crippen molar-refractivity contribution in [3.8, 4) is 67.1 Å². The molecule has 1 heterocycles. The van der Waals surface area contributed by atoms with Gasteiger partial charge in [-0.3, -0.25) is 0 Å². The maximum atomic E-state index is 7.10. The van der Waals surface area contributed by atoms with Gasteiger partial charge in [-0.1, -0.05) is 159 Å². The van der Waals surface area contributed by atoms with Crippen LogP contribution in [0.4, 0.5) is 17.1 Å². The van der Waals surface area contributed by atoms with Crippen LogP contribution in [0.25, 0.3) is 66.4 Å². The molecule has 0 atom stereocenters. The zero-order valence-corrected chi connectivity index (χ0v) is 31.9. The van der Waals surface area contributed by atoms with Gasteiger partial charge in [-0.25, -0.2) is 0 Å². The molecule has 0 unspecified atom stereocenters. The molecule has 1 aliphatic heterocycles. The highest BCUT2D eigenvalue weighted by molar-refractivity contribution is 6.00. The Morgan fingerprint density at radius 1 is 0.351 bits per heavy atom. The number of rotatable bonds is 5. The highest BCUT2D eigenvalue weighted by Crippen LogP contribution is 2.53. The first-order chi connectivity index (χ1) is 28.0. The van der Waals surface area contributed by atoms with Crippen molar-refractivity contribution in [1.29, 1.82) is 0 Å². The highest BCUT2D eigenvalue weighted by atomic mass is 16.5. The molecule has 0 fully saturated rings. The van der Waals surface area contributed by atoms with Gasteiger partial charge in [0.1, 0.15) is 11.5 Å². The fourth-order valence-electron chi connectivity index (χ4n) is 9.22. The summed E-state index contributed by atoms with van der Waals surface area (Å²) in [5.74, 6) is 1.67. The number of nitrogens with zero attached hydrogens (tertiary/aromatic N) is 1. The van der Waals surface area contributed by atoms with Crippen LogP contribution in [0.3, 0.4) is 0 Å². The molecule has 0 saturated heterocycles. The molecule has 9 aromatic carbocycles. The Hall–Kier alpha value is -7.16. The lowest BCUT2D eigenvalue weighted by Crippen LogP contribution is -2.16. The normalized spacial score (nSPS) is 13.0. The van der Waals surface area contributed by atoms with Gasteiger partial charge in [-0.2, -0.15) is 0 Å². The van der Waals surface area contributed by atoms with E-state index in [9.17, 15) is 0 Å². The minimum Gasteiger partial charge on any atom is -0.456 e. The fourth-order valence-corrected chi connectivity index (χ4v) is 9.22. The highest BCUT2D eigenvalue weighted by Gasteiger charge is 2.36. The van der Waals surface area contributed by atoms with E-state index in [1.807, 2.05) is 0 Å². The third-order valence-corrected chi connectivity index (χ3v) is 12.1. The number of hydrogen-bond acceptors (Lipinski definition) is 2. The third kappa shape index (κ3) is 5.40. The van der Waals surface area contributed by atoms with E-state index in [-0.39, 0.29) is 5.41 Å². The van der Waals surface area contributed by atoms with E-state index in [2.05, 4.69) is 219 Å². The minimum absolute atomic E-state index is 0.127. The zero-order valence-electron chi connectivity index (χ0n) is 31.9. The topological polar surface area (TPSA) is 12.5 Å². The van der Waals surface area contributed by atoms with E-state index in [1.165, 1.54) is 49.7 Å². The Balaban J connectivity index is 1.07. The van der Waals surface area contributed by atoms with Crippen molar-refractivity contribution in [1.82, 2.24) is 0 Å². The van der Waals surface area contributed by atoms with E-state index in [0.717, 1.165) is 56.4 Å². The smallest absolute Gasteiger partial charge is 0.137 e. The van der Waals surface area contributed by atoms with Crippen LogP contribution < -0.4 is 9.64 Å². The van der Waals surface area contributed by atoms with Crippen molar-refractivity contribution in [2.45, 2.75) is 19.3 Å². The standard InChI is InChI=1S/C55H39NO/c1-55(2)50-21-11-10-18-46(50)47-31-29-42(34-51(47)55)56(41-27-25-38(26-28-41)36-13-4-3-5-14-36)43-30-32-48-45-17-8-9-19-49(45)54-44(20-12-22-52(54)57-53(48)35-43)40-24-23-37-15-6-7-16-39(37)33-40/h3-35H,1-2H3. The van der Waals surface area contributed by atoms with Crippen molar-refractivity contribution < 1.29 is 4.74 Å². The molecule has 1 aliphatic carbocycles. The maximum Gasteiger partial charge on any atom is 0.137 e. The number of anilines is 3. The summed E-state index contributed by atoms with van der Waals surface area (Å²) in [6, 6.07) is 72.5. The Morgan fingerprint density at radius 3 is 1.77 bits per heavy atom. The first kappa shape index (κ1) is 33.2. The molecule has 11 rings (SSSR count). The molecule has 0 spiro atoms. The van der Waals surface area contributed by atoms with E-state index >= 15 is 0 Å². The Morgan fingerprint density at radius 2 is 0.947 bits per heavy atom. The molecule has 0 amide bonds. The molecule has 2 nitrogen and oxygen atoms in total. The van der Waals surface area contributed by atoms with Crippen LogP contribution in [0.5, 0.6) is 11.5 Å². The molecular weight excluding hydrogens is 691 g/mol. The monoisotopic (exact) mass is 729 g/mol. The van der Waals surface area contributed by atoms with Crippen LogP contribution in [0.2, 0.25) is 0 Å². The molecule has 0 bridgehead atoms. The average Bonchev–Trinajstić information content (AvgIpc) is 3.39. The predicted octanol–water partition coefficient (Wildman–Crippen LogP) is 15.4. The lowest BCUT2D eigenvalue weighted by atomic mass is 9.82. The average molecular weight is 730 g/mol. The summed E-state index contributed by atoms with van der Waals surface area (Å²) in [4.78, 5) is 2.38. The maximum absolute atomic E-state index is 7.10. The molecule has 0 saturated carbocycles. The van der Waals surface area contributed by atoms with Gasteiger partial charge in [-0.05, 0) is 115 Å². The summed E-state index contributed by atoms with van der Waals surface area (Å²) in [5.41, 5.74) is 17.6. The summed E-state index contributed by atoms with van der Waals surface area (Å²) in [6.45, 7) is 4.69. The SMILES string of the molecule is CC1(C)c2ccccc2-c2ccc(N(c3ccc(-c4ccccc4)cc3)c3ccc4c(c3)Oc3cccc(-c5ccc6ccccc6c5)c3-c3ccccc3-4)cc21. The van der Waals surface area contributed by atoms with Crippen LogP contribution in [-0.4, -0.2) is 0 Å². The van der Waals surface area contributed by atoms with E-state index in [0.29, 0.717) is 0 Å². The summed E-state index contributed by atoms with van der Waals surface area (Å²) in [6.07, 6.45) is 0. The quantitative estimate of drug-likeness (QED) is 0.175. The molecule has 0 N–H and O–H groups in total. The summed E-state index contributed by atoms with van der Waals surface area (Å²) in [7, 11) is 0. The van der Waals surface area contributed by atoms with E-state index < -0.39 is 0 Å². The number of hydrogen-bond donors (Lipinski definition) is 0. The summed E-state index contributed by atoms with van der Waals surface area (Å²) >= 11 is 0. The number of ether oxygens (including phenoxy) is 1. The van der Waals surface area contributed by atoms with Gasteiger partial charge in [0.2, 0.25) is 0 Å². The number of benzene rings is 9. The zero-order chi connectivity index (χ0) is 38.1. The van der Waals surface area contributed by atoms with Crippen LogP contribution in [0.1, 0.15) is 25.0 Å². The van der Waals surface area contributed by atoms with Gasteiger partial charge in [0.05, 0.1) is 0 Å². The van der Waals surface area contributed by atoms with Crippen molar-refractivity contribution in [3.63, 3.8) is 0 Å². The van der Waals surface area contributed by atoms with E-state index in [1.54, 1.807) is 0 Å². The fraction of sp³-hybridized carbons (Fsp3) is 0.0545. The molecule has 57 heavy (non-hydrogen) atoms. The molecule has 2 heteroatoms. The van der Waals surface area contributed by atoms with E-state index in [4.69, 9.17) is 4.74 Å². The third-order valence-electron chi connectivity index (χ3n) is 12.1. The van der Waals surface area contributed by atoms with Crippen molar-refractivity contribution in [2.24, 2.45) is 0 Å². The molecule has 270 valence electrons. The lowest BCUT2D eigenvalue weighted by Gasteiger charge is -2.29. The minimum atomic E-state index is -0.127. The second kappa shape index (κ2) is 13.0. The van der Waals surface area contributed by atoms with Crippen LogP contribution in [0, 0.1) is 0 Å². The van der Waals surface area contributed by atoms with Crippen LogP contribution in [0.15, 0.2) is 200 Å². The van der Waals surface area contributed by atoms with Gasteiger partial charge >= 0.3 is 0 Å². The van der Waals surface area contributed by atoms with Crippen molar-refractivity contribution >= 4 is 27.8 Å². The predicted molar refractivity (Wildman–Crippen MR) is 238 cm³/mol. The molecule has 0 radical (unpaired) electrons. The first-order valence-corrected chi connectivity index (χ1v) is 19.8. The Kier molecular flexibility index (Phi) is 7.55. The summed E-state index contributed by atoms with van der Waals surface area (Å²) in [5, 5.41) is 2.45. The molecule has 9 aromatic rings. The Bertz CT molecular complexity index is 3010. The van der Waals surface area contributed by atoms with Crippen LogP contribution >= 0.6 is 0 Å². The first-order valence-electron chi connectivity index (χ1n) is 19.8. The van der Waals surface area contributed by atoms with Gasteiger partial charge in [0, 0.05) is 39.7 Å².